The van der Waals surface area contributed by atoms with Crippen LogP contribution in [0.2, 0.25) is 0 Å². The maximum absolute atomic E-state index is 4.44. The van der Waals surface area contributed by atoms with Crippen molar-refractivity contribution in [3.05, 3.63) is 18.2 Å². The van der Waals surface area contributed by atoms with Crippen molar-refractivity contribution >= 4 is 0 Å². The van der Waals surface area contributed by atoms with Crippen molar-refractivity contribution in [3.63, 3.8) is 0 Å². The molecule has 86 valence electrons. The van der Waals surface area contributed by atoms with E-state index in [9.17, 15) is 0 Å². The Bertz CT molecular complexity index is 280. The van der Waals surface area contributed by atoms with Crippen LogP contribution in [0.3, 0.4) is 0 Å². The summed E-state index contributed by atoms with van der Waals surface area (Å²) in [5, 5.41) is 3.53. The zero-order valence-electron chi connectivity index (χ0n) is 10.3. The van der Waals surface area contributed by atoms with E-state index in [-0.39, 0.29) is 0 Å². The third-order valence-electron chi connectivity index (χ3n) is 2.87. The maximum atomic E-state index is 4.44. The first kappa shape index (κ1) is 12.2. The summed E-state index contributed by atoms with van der Waals surface area (Å²) in [6.45, 7) is 7.67. The standard InChI is InChI=1S/C12H23N3/c1-5-7-10(3)11(13-6-2)12-14-8-9-15(12)4/h8-11,13H,5-7H2,1-4H3. The van der Waals surface area contributed by atoms with Gasteiger partial charge in [0.1, 0.15) is 5.82 Å². The zero-order valence-corrected chi connectivity index (χ0v) is 10.3. The molecule has 15 heavy (non-hydrogen) atoms. The van der Waals surface area contributed by atoms with Crippen LogP contribution in [0, 0.1) is 5.92 Å². The van der Waals surface area contributed by atoms with Crippen LogP contribution in [0.15, 0.2) is 12.4 Å². The van der Waals surface area contributed by atoms with Gasteiger partial charge in [0.05, 0.1) is 6.04 Å². The lowest BCUT2D eigenvalue weighted by atomic mass is 9.96. The largest absolute Gasteiger partial charge is 0.337 e. The molecule has 0 aliphatic carbocycles. The van der Waals surface area contributed by atoms with E-state index >= 15 is 0 Å². The summed E-state index contributed by atoms with van der Waals surface area (Å²) in [6.07, 6.45) is 6.36. The monoisotopic (exact) mass is 209 g/mol. The molecule has 1 heterocycles. The van der Waals surface area contributed by atoms with E-state index in [0.717, 1.165) is 12.4 Å². The molecule has 3 nitrogen and oxygen atoms in total. The van der Waals surface area contributed by atoms with Gasteiger partial charge in [0.2, 0.25) is 0 Å². The van der Waals surface area contributed by atoms with Gasteiger partial charge < -0.3 is 9.88 Å². The lowest BCUT2D eigenvalue weighted by molar-refractivity contribution is 0.349. The Morgan fingerprint density at radius 1 is 1.47 bits per heavy atom. The summed E-state index contributed by atoms with van der Waals surface area (Å²) in [6, 6.07) is 0.384. The highest BCUT2D eigenvalue weighted by Crippen LogP contribution is 2.23. The van der Waals surface area contributed by atoms with Crippen LogP contribution in [0.1, 0.15) is 45.5 Å². The van der Waals surface area contributed by atoms with E-state index in [2.05, 4.69) is 42.7 Å². The third kappa shape index (κ3) is 3.06. The Kier molecular flexibility index (Phi) is 4.82. The van der Waals surface area contributed by atoms with E-state index in [0.29, 0.717) is 12.0 Å². The summed E-state index contributed by atoms with van der Waals surface area (Å²) >= 11 is 0. The van der Waals surface area contributed by atoms with Crippen molar-refractivity contribution in [1.29, 1.82) is 0 Å². The topological polar surface area (TPSA) is 29.9 Å². The number of aryl methyl sites for hydroxylation is 1. The van der Waals surface area contributed by atoms with Crippen LogP contribution in [0.5, 0.6) is 0 Å². The molecule has 0 bridgehead atoms. The second-order valence-corrected chi connectivity index (χ2v) is 4.20. The quantitative estimate of drug-likeness (QED) is 0.780. The minimum atomic E-state index is 0.384. The molecule has 3 heteroatoms. The fraction of sp³-hybridized carbons (Fsp3) is 0.750. The minimum absolute atomic E-state index is 0.384. The molecule has 0 radical (unpaired) electrons. The highest BCUT2D eigenvalue weighted by Gasteiger charge is 2.20. The normalized spacial score (nSPS) is 15.2. The number of aromatic nitrogens is 2. The molecule has 0 aliphatic heterocycles. The number of rotatable bonds is 6. The van der Waals surface area contributed by atoms with E-state index in [1.807, 2.05) is 12.4 Å². The first-order chi connectivity index (χ1) is 7.20. The summed E-state index contributed by atoms with van der Waals surface area (Å²) in [5.74, 6) is 1.79. The highest BCUT2D eigenvalue weighted by molar-refractivity contribution is 5.00. The maximum Gasteiger partial charge on any atom is 0.125 e. The average Bonchev–Trinajstić information content (AvgIpc) is 2.61. The van der Waals surface area contributed by atoms with Crippen molar-refractivity contribution in [3.8, 4) is 0 Å². The van der Waals surface area contributed by atoms with Gasteiger partial charge in [0, 0.05) is 19.4 Å². The summed E-state index contributed by atoms with van der Waals surface area (Å²) < 4.78 is 2.11. The van der Waals surface area contributed by atoms with Gasteiger partial charge in [-0.1, -0.05) is 27.2 Å². The summed E-state index contributed by atoms with van der Waals surface area (Å²) in [5.41, 5.74) is 0. The van der Waals surface area contributed by atoms with E-state index in [1.54, 1.807) is 0 Å². The molecule has 0 spiro atoms. The van der Waals surface area contributed by atoms with Gasteiger partial charge in [-0.3, -0.25) is 0 Å². The molecule has 0 aromatic carbocycles. The van der Waals surface area contributed by atoms with Crippen molar-refractivity contribution in [2.24, 2.45) is 13.0 Å². The van der Waals surface area contributed by atoms with Gasteiger partial charge in [0.15, 0.2) is 0 Å². The molecule has 1 rings (SSSR count). The second kappa shape index (κ2) is 5.91. The molecular weight excluding hydrogens is 186 g/mol. The molecular formula is C12H23N3. The van der Waals surface area contributed by atoms with Gasteiger partial charge in [-0.2, -0.15) is 0 Å². The van der Waals surface area contributed by atoms with Gasteiger partial charge >= 0.3 is 0 Å². The van der Waals surface area contributed by atoms with Crippen molar-refractivity contribution < 1.29 is 0 Å². The highest BCUT2D eigenvalue weighted by atomic mass is 15.1. The fourth-order valence-electron chi connectivity index (χ4n) is 2.07. The van der Waals surface area contributed by atoms with E-state index < -0.39 is 0 Å². The first-order valence-electron chi connectivity index (χ1n) is 5.91. The number of nitrogens with one attached hydrogen (secondary N) is 1. The number of hydrogen-bond acceptors (Lipinski definition) is 2. The molecule has 2 unspecified atom stereocenters. The molecule has 1 N–H and O–H groups in total. The lowest BCUT2D eigenvalue weighted by Gasteiger charge is -2.24. The molecule has 0 amide bonds. The predicted molar refractivity (Wildman–Crippen MR) is 63.7 cm³/mol. The molecule has 1 aromatic rings. The molecule has 1 aromatic heterocycles. The van der Waals surface area contributed by atoms with Crippen molar-refractivity contribution in [2.75, 3.05) is 6.54 Å². The van der Waals surface area contributed by atoms with Crippen molar-refractivity contribution in [1.82, 2.24) is 14.9 Å². The Hall–Kier alpha value is -0.830. The third-order valence-corrected chi connectivity index (χ3v) is 2.87. The Morgan fingerprint density at radius 3 is 2.67 bits per heavy atom. The Labute approximate surface area is 92.9 Å². The van der Waals surface area contributed by atoms with Crippen LogP contribution >= 0.6 is 0 Å². The number of imidazole rings is 1. The zero-order chi connectivity index (χ0) is 11.3. The second-order valence-electron chi connectivity index (χ2n) is 4.20. The Morgan fingerprint density at radius 2 is 2.20 bits per heavy atom. The summed E-state index contributed by atoms with van der Waals surface area (Å²) in [7, 11) is 2.06. The Balaban J connectivity index is 2.77. The molecule has 0 saturated carbocycles. The number of hydrogen-bond donors (Lipinski definition) is 1. The smallest absolute Gasteiger partial charge is 0.125 e. The molecule has 0 aliphatic rings. The fourth-order valence-corrected chi connectivity index (χ4v) is 2.07. The van der Waals surface area contributed by atoms with Gasteiger partial charge in [0.25, 0.3) is 0 Å². The molecule has 2 atom stereocenters. The molecule has 0 saturated heterocycles. The van der Waals surface area contributed by atoms with Crippen molar-refractivity contribution in [2.45, 2.75) is 39.7 Å². The first-order valence-corrected chi connectivity index (χ1v) is 5.91. The van der Waals surface area contributed by atoms with E-state index in [1.165, 1.54) is 12.8 Å². The lowest BCUT2D eigenvalue weighted by Crippen LogP contribution is -2.29. The SMILES string of the molecule is CCCC(C)C(NCC)c1nccn1C. The van der Waals surface area contributed by atoms with E-state index in [4.69, 9.17) is 0 Å². The number of nitrogens with zero attached hydrogens (tertiary/aromatic N) is 2. The van der Waals surface area contributed by atoms with Crippen LogP contribution in [-0.4, -0.2) is 16.1 Å². The van der Waals surface area contributed by atoms with Crippen LogP contribution < -0.4 is 5.32 Å². The van der Waals surface area contributed by atoms with Crippen LogP contribution in [0.4, 0.5) is 0 Å². The minimum Gasteiger partial charge on any atom is -0.337 e. The summed E-state index contributed by atoms with van der Waals surface area (Å²) in [4.78, 5) is 4.44. The van der Waals surface area contributed by atoms with Gasteiger partial charge in [-0.05, 0) is 18.9 Å². The molecule has 0 fully saturated rings. The van der Waals surface area contributed by atoms with Crippen LogP contribution in [0.25, 0.3) is 0 Å². The van der Waals surface area contributed by atoms with Gasteiger partial charge in [-0.15, -0.1) is 0 Å². The predicted octanol–water partition coefficient (Wildman–Crippen LogP) is 2.51. The van der Waals surface area contributed by atoms with Crippen LogP contribution in [-0.2, 0) is 7.05 Å². The average molecular weight is 209 g/mol. The van der Waals surface area contributed by atoms with Gasteiger partial charge in [-0.25, -0.2) is 4.98 Å².